The van der Waals surface area contributed by atoms with Crippen molar-refractivity contribution in [3.05, 3.63) is 18.3 Å². The van der Waals surface area contributed by atoms with Crippen molar-refractivity contribution in [1.29, 1.82) is 0 Å². The van der Waals surface area contributed by atoms with Gasteiger partial charge in [-0.1, -0.05) is 20.8 Å². The number of hydrogen-bond donors (Lipinski definition) is 2. The molecule has 0 aromatic carbocycles. The Hall–Kier alpha value is -2.35. The average molecular weight is 440 g/mol. The summed E-state index contributed by atoms with van der Waals surface area (Å²) in [4.78, 5) is 33.2. The van der Waals surface area contributed by atoms with Gasteiger partial charge in [-0.25, -0.2) is 19.9 Å². The fraction of sp³-hybridized carbons (Fsp3) is 0.708. The third-order valence-corrected chi connectivity index (χ3v) is 6.37. The SMILES string of the molecule is CC(C)(C)NC1CCC(N2CCC(Nc3ncnc4cnc(C(C)(C)C)nc34)C2=O)CC1. The molecule has 0 bridgehead atoms. The third kappa shape index (κ3) is 5.00. The van der Waals surface area contributed by atoms with Gasteiger partial charge in [-0.05, 0) is 52.9 Å². The van der Waals surface area contributed by atoms with E-state index in [9.17, 15) is 4.79 Å². The second-order valence-electron chi connectivity index (χ2n) is 11.3. The van der Waals surface area contributed by atoms with Crippen molar-refractivity contribution in [2.75, 3.05) is 11.9 Å². The van der Waals surface area contributed by atoms with E-state index in [-0.39, 0.29) is 22.9 Å². The average Bonchev–Trinajstić information content (AvgIpc) is 3.07. The Labute approximate surface area is 191 Å². The number of amides is 1. The first-order chi connectivity index (χ1) is 15.0. The summed E-state index contributed by atoms with van der Waals surface area (Å²) in [5.74, 6) is 1.53. The first-order valence-electron chi connectivity index (χ1n) is 11.8. The fourth-order valence-electron chi connectivity index (χ4n) is 4.83. The molecular weight excluding hydrogens is 402 g/mol. The van der Waals surface area contributed by atoms with Gasteiger partial charge in [0, 0.05) is 29.6 Å². The molecule has 2 aliphatic rings. The number of hydrogen-bond acceptors (Lipinski definition) is 7. The van der Waals surface area contributed by atoms with Crippen LogP contribution in [0.1, 0.15) is 79.5 Å². The number of carbonyl (C=O) groups is 1. The van der Waals surface area contributed by atoms with E-state index in [1.165, 1.54) is 6.33 Å². The molecular formula is C24H37N7O. The molecule has 2 aromatic rings. The fourth-order valence-corrected chi connectivity index (χ4v) is 4.83. The molecule has 1 saturated carbocycles. The van der Waals surface area contributed by atoms with Gasteiger partial charge in [0.05, 0.1) is 6.20 Å². The first kappa shape index (κ1) is 22.8. The summed E-state index contributed by atoms with van der Waals surface area (Å²) in [5.41, 5.74) is 1.31. The van der Waals surface area contributed by atoms with Crippen LogP contribution in [0.4, 0.5) is 5.82 Å². The molecule has 2 N–H and O–H groups in total. The first-order valence-corrected chi connectivity index (χ1v) is 11.8. The van der Waals surface area contributed by atoms with Gasteiger partial charge in [0.25, 0.3) is 0 Å². The van der Waals surface area contributed by atoms with E-state index in [0.717, 1.165) is 44.5 Å². The highest BCUT2D eigenvalue weighted by atomic mass is 16.2. The zero-order chi connectivity index (χ0) is 23.1. The number of nitrogens with zero attached hydrogens (tertiary/aromatic N) is 5. The van der Waals surface area contributed by atoms with Gasteiger partial charge in [-0.3, -0.25) is 4.79 Å². The van der Waals surface area contributed by atoms with Gasteiger partial charge in [0.2, 0.25) is 5.91 Å². The lowest BCUT2D eigenvalue weighted by atomic mass is 9.89. The van der Waals surface area contributed by atoms with E-state index in [2.05, 4.69) is 72.0 Å². The molecule has 1 aliphatic carbocycles. The number of nitrogens with one attached hydrogen (secondary N) is 2. The molecule has 1 amide bonds. The molecule has 8 nitrogen and oxygen atoms in total. The van der Waals surface area contributed by atoms with Crippen LogP contribution in [-0.2, 0) is 10.2 Å². The summed E-state index contributed by atoms with van der Waals surface area (Å²) in [7, 11) is 0. The van der Waals surface area contributed by atoms with E-state index < -0.39 is 0 Å². The quantitative estimate of drug-likeness (QED) is 0.753. The highest BCUT2D eigenvalue weighted by Crippen LogP contribution is 2.29. The van der Waals surface area contributed by atoms with E-state index in [1.807, 2.05) is 0 Å². The summed E-state index contributed by atoms with van der Waals surface area (Å²) >= 11 is 0. The number of fused-ring (bicyclic) bond motifs is 1. The molecule has 0 radical (unpaired) electrons. The Morgan fingerprint density at radius 2 is 1.69 bits per heavy atom. The smallest absolute Gasteiger partial charge is 0.245 e. The largest absolute Gasteiger partial charge is 0.356 e. The molecule has 1 saturated heterocycles. The summed E-state index contributed by atoms with van der Waals surface area (Å²) in [6.45, 7) is 13.7. The Morgan fingerprint density at radius 3 is 2.34 bits per heavy atom. The number of likely N-dealkylation sites (tertiary alicyclic amines) is 1. The van der Waals surface area contributed by atoms with E-state index in [4.69, 9.17) is 4.98 Å². The van der Waals surface area contributed by atoms with Crippen LogP contribution in [0.2, 0.25) is 0 Å². The summed E-state index contributed by atoms with van der Waals surface area (Å²) in [6.07, 6.45) is 8.38. The molecule has 1 aliphatic heterocycles. The highest BCUT2D eigenvalue weighted by molar-refractivity contribution is 5.90. The van der Waals surface area contributed by atoms with Gasteiger partial charge in [-0.2, -0.15) is 0 Å². The Bertz CT molecular complexity index is 970. The van der Waals surface area contributed by atoms with E-state index in [0.29, 0.717) is 28.9 Å². The third-order valence-electron chi connectivity index (χ3n) is 6.37. The van der Waals surface area contributed by atoms with Crippen LogP contribution in [-0.4, -0.2) is 61.0 Å². The molecule has 32 heavy (non-hydrogen) atoms. The zero-order valence-corrected chi connectivity index (χ0v) is 20.3. The van der Waals surface area contributed by atoms with Gasteiger partial charge >= 0.3 is 0 Å². The van der Waals surface area contributed by atoms with Crippen molar-refractivity contribution in [1.82, 2.24) is 30.2 Å². The highest BCUT2D eigenvalue weighted by Gasteiger charge is 2.38. The standard InChI is InChI=1S/C24H37N7O/c1-23(2,3)22-25-13-18-19(29-22)20(27-14-26-18)28-17-11-12-31(21(17)32)16-9-7-15(8-10-16)30-24(4,5)6/h13-17,30H,7-12H2,1-6H3,(H,26,27,28). The maximum absolute atomic E-state index is 13.3. The minimum atomic E-state index is -0.272. The summed E-state index contributed by atoms with van der Waals surface area (Å²) < 4.78 is 0. The molecule has 1 unspecified atom stereocenters. The van der Waals surface area contributed by atoms with Crippen molar-refractivity contribution in [2.45, 2.75) is 103 Å². The van der Waals surface area contributed by atoms with Crippen LogP contribution in [0.3, 0.4) is 0 Å². The molecule has 174 valence electrons. The molecule has 0 spiro atoms. The van der Waals surface area contributed by atoms with Gasteiger partial charge < -0.3 is 15.5 Å². The second kappa shape index (κ2) is 8.54. The predicted octanol–water partition coefficient (Wildman–Crippen LogP) is 3.43. The van der Waals surface area contributed by atoms with Gasteiger partial charge in [0.1, 0.15) is 29.2 Å². The predicted molar refractivity (Wildman–Crippen MR) is 127 cm³/mol. The molecule has 8 heteroatoms. The topological polar surface area (TPSA) is 95.9 Å². The van der Waals surface area contributed by atoms with Crippen LogP contribution >= 0.6 is 0 Å². The molecule has 2 fully saturated rings. The van der Waals surface area contributed by atoms with Crippen LogP contribution in [0.5, 0.6) is 0 Å². The lowest BCUT2D eigenvalue weighted by Crippen LogP contribution is -2.49. The lowest BCUT2D eigenvalue weighted by Gasteiger charge is -2.37. The van der Waals surface area contributed by atoms with E-state index >= 15 is 0 Å². The zero-order valence-electron chi connectivity index (χ0n) is 20.3. The van der Waals surface area contributed by atoms with Crippen LogP contribution < -0.4 is 10.6 Å². The van der Waals surface area contributed by atoms with E-state index in [1.54, 1.807) is 6.20 Å². The molecule has 1 atom stereocenters. The van der Waals surface area contributed by atoms with Crippen molar-refractivity contribution in [2.24, 2.45) is 0 Å². The minimum absolute atomic E-state index is 0.132. The maximum Gasteiger partial charge on any atom is 0.245 e. The number of carbonyl (C=O) groups excluding carboxylic acids is 1. The van der Waals surface area contributed by atoms with Crippen molar-refractivity contribution in [3.8, 4) is 0 Å². The maximum atomic E-state index is 13.3. The Kier molecular flexibility index (Phi) is 6.09. The molecule has 2 aromatic heterocycles. The summed E-state index contributed by atoms with van der Waals surface area (Å²) in [5, 5.41) is 7.09. The van der Waals surface area contributed by atoms with Crippen molar-refractivity contribution in [3.63, 3.8) is 0 Å². The van der Waals surface area contributed by atoms with Crippen LogP contribution in [0.25, 0.3) is 11.0 Å². The molecule has 4 rings (SSSR count). The number of rotatable bonds is 4. The molecule has 3 heterocycles. The number of aromatic nitrogens is 4. The monoisotopic (exact) mass is 439 g/mol. The second-order valence-corrected chi connectivity index (χ2v) is 11.3. The Morgan fingerprint density at radius 1 is 0.969 bits per heavy atom. The van der Waals surface area contributed by atoms with Gasteiger partial charge in [-0.15, -0.1) is 0 Å². The number of anilines is 1. The minimum Gasteiger partial charge on any atom is -0.356 e. The van der Waals surface area contributed by atoms with Crippen molar-refractivity contribution >= 4 is 22.8 Å². The lowest BCUT2D eigenvalue weighted by molar-refractivity contribution is -0.131. The Balaban J connectivity index is 1.44. The van der Waals surface area contributed by atoms with Gasteiger partial charge in [0.15, 0.2) is 5.82 Å². The van der Waals surface area contributed by atoms with Crippen LogP contribution in [0.15, 0.2) is 12.5 Å². The normalized spacial score (nSPS) is 24.9. The summed E-state index contributed by atoms with van der Waals surface area (Å²) in [6, 6.07) is 0.609. The van der Waals surface area contributed by atoms with Crippen molar-refractivity contribution < 1.29 is 4.79 Å². The van der Waals surface area contributed by atoms with Crippen LogP contribution in [0, 0.1) is 0 Å².